The molecule has 164 valence electrons. The van der Waals surface area contributed by atoms with E-state index in [-0.39, 0.29) is 0 Å². The van der Waals surface area contributed by atoms with Crippen molar-refractivity contribution in [2.45, 2.75) is 77.6 Å². The first kappa shape index (κ1) is 26.8. The van der Waals surface area contributed by atoms with Crippen LogP contribution in [0.15, 0.2) is 0 Å². The molecule has 0 amide bonds. The minimum absolute atomic E-state index is 0.619. The van der Waals surface area contributed by atoms with Gasteiger partial charge in [-0.3, -0.25) is 0 Å². The van der Waals surface area contributed by atoms with Crippen LogP contribution in [0.5, 0.6) is 0 Å². The van der Waals surface area contributed by atoms with E-state index in [1.165, 1.54) is 70.6 Å². The first-order chi connectivity index (χ1) is 13.4. The van der Waals surface area contributed by atoms with E-state index in [4.69, 9.17) is 18.9 Å². The van der Waals surface area contributed by atoms with Crippen molar-refractivity contribution in [1.82, 2.24) is 5.32 Å². The summed E-state index contributed by atoms with van der Waals surface area (Å²) >= 11 is 0. The highest BCUT2D eigenvalue weighted by Gasteiger charge is 1.95. The molecule has 0 aliphatic heterocycles. The van der Waals surface area contributed by atoms with Crippen LogP contribution in [0.4, 0.5) is 0 Å². The third-order valence-corrected chi connectivity index (χ3v) is 4.50. The van der Waals surface area contributed by atoms with E-state index in [9.17, 15) is 0 Å². The maximum absolute atomic E-state index is 5.61. The molecule has 0 aliphatic rings. The van der Waals surface area contributed by atoms with Gasteiger partial charge in [-0.1, -0.05) is 71.1 Å². The Kier molecular flexibility index (Phi) is 25.6. The average molecular weight is 390 g/mol. The van der Waals surface area contributed by atoms with Gasteiger partial charge < -0.3 is 24.3 Å². The van der Waals surface area contributed by atoms with Gasteiger partial charge in [0.05, 0.1) is 46.2 Å². The highest BCUT2D eigenvalue weighted by molar-refractivity contribution is 4.48. The first-order valence-corrected chi connectivity index (χ1v) is 11.4. The lowest BCUT2D eigenvalue weighted by molar-refractivity contribution is -0.00170. The molecule has 0 fully saturated rings. The quantitative estimate of drug-likeness (QED) is 0.245. The molecule has 0 saturated carbocycles. The molecule has 0 unspecified atom stereocenters. The molecule has 0 rings (SSSR count). The number of rotatable bonds is 24. The minimum Gasteiger partial charge on any atom is -0.379 e. The molecule has 0 saturated heterocycles. The summed E-state index contributed by atoms with van der Waals surface area (Å²) in [7, 11) is 1.92. The summed E-state index contributed by atoms with van der Waals surface area (Å²) in [5, 5.41) is 3.03. The van der Waals surface area contributed by atoms with E-state index in [0.717, 1.165) is 19.8 Å². The van der Waals surface area contributed by atoms with E-state index in [0.29, 0.717) is 39.6 Å². The normalized spacial score (nSPS) is 11.3. The second kappa shape index (κ2) is 25.8. The fourth-order valence-electron chi connectivity index (χ4n) is 2.80. The van der Waals surface area contributed by atoms with Gasteiger partial charge in [0.1, 0.15) is 0 Å². The van der Waals surface area contributed by atoms with Gasteiger partial charge in [0, 0.05) is 13.2 Å². The van der Waals surface area contributed by atoms with Gasteiger partial charge in [0.15, 0.2) is 0 Å². The van der Waals surface area contributed by atoms with Crippen LogP contribution in [0.3, 0.4) is 0 Å². The smallest absolute Gasteiger partial charge is 0.0701 e. The zero-order chi connectivity index (χ0) is 19.7. The van der Waals surface area contributed by atoms with Gasteiger partial charge in [-0.05, 0) is 13.5 Å². The van der Waals surface area contributed by atoms with Crippen molar-refractivity contribution in [2.75, 3.05) is 66.4 Å². The summed E-state index contributed by atoms with van der Waals surface area (Å²) in [5.74, 6) is 0. The van der Waals surface area contributed by atoms with Gasteiger partial charge in [-0.25, -0.2) is 0 Å². The number of nitrogens with one attached hydrogen (secondary N) is 1. The fourth-order valence-corrected chi connectivity index (χ4v) is 2.80. The van der Waals surface area contributed by atoms with Crippen molar-refractivity contribution in [3.63, 3.8) is 0 Å². The topological polar surface area (TPSA) is 49.0 Å². The fraction of sp³-hybridized carbons (Fsp3) is 1.00. The maximum Gasteiger partial charge on any atom is 0.0701 e. The SMILES string of the molecule is CCCCCCCCCCCCCOCCOCCOCCOCCNC. The lowest BCUT2D eigenvalue weighted by Crippen LogP contribution is -2.17. The Morgan fingerprint density at radius 1 is 0.444 bits per heavy atom. The summed E-state index contributed by atoms with van der Waals surface area (Å²) < 4.78 is 21.9. The number of hydrogen-bond donors (Lipinski definition) is 1. The van der Waals surface area contributed by atoms with Crippen LogP contribution < -0.4 is 5.32 Å². The van der Waals surface area contributed by atoms with Gasteiger partial charge in [0.2, 0.25) is 0 Å². The van der Waals surface area contributed by atoms with Crippen LogP contribution >= 0.6 is 0 Å². The molecule has 0 heterocycles. The van der Waals surface area contributed by atoms with E-state index in [1.807, 2.05) is 7.05 Å². The van der Waals surface area contributed by atoms with Crippen LogP contribution in [0.25, 0.3) is 0 Å². The van der Waals surface area contributed by atoms with Gasteiger partial charge in [0.25, 0.3) is 0 Å². The standard InChI is InChI=1S/C22H47NO4/c1-3-4-5-6-7-8-9-10-11-12-13-15-24-17-19-26-21-22-27-20-18-25-16-14-23-2/h23H,3-22H2,1-2H3. The van der Waals surface area contributed by atoms with Crippen LogP contribution in [0.2, 0.25) is 0 Å². The highest BCUT2D eigenvalue weighted by Crippen LogP contribution is 2.11. The van der Waals surface area contributed by atoms with E-state index in [1.54, 1.807) is 0 Å². The van der Waals surface area contributed by atoms with Crippen molar-refractivity contribution in [1.29, 1.82) is 0 Å². The predicted octanol–water partition coefficient (Wildman–Crippen LogP) is 4.58. The molecular formula is C22H47NO4. The molecule has 0 aromatic heterocycles. The Hall–Kier alpha value is -0.200. The molecule has 0 aliphatic carbocycles. The van der Waals surface area contributed by atoms with Gasteiger partial charge in [-0.15, -0.1) is 0 Å². The molecule has 0 aromatic carbocycles. The van der Waals surface area contributed by atoms with E-state index in [2.05, 4.69) is 12.2 Å². The molecule has 1 N–H and O–H groups in total. The lowest BCUT2D eigenvalue weighted by Gasteiger charge is -2.07. The highest BCUT2D eigenvalue weighted by atomic mass is 16.6. The van der Waals surface area contributed by atoms with Gasteiger partial charge >= 0.3 is 0 Å². The molecule has 5 nitrogen and oxygen atoms in total. The van der Waals surface area contributed by atoms with E-state index < -0.39 is 0 Å². The number of likely N-dealkylation sites (N-methyl/N-ethyl adjacent to an activating group) is 1. The van der Waals surface area contributed by atoms with Crippen LogP contribution in [0, 0.1) is 0 Å². The van der Waals surface area contributed by atoms with E-state index >= 15 is 0 Å². The third-order valence-electron chi connectivity index (χ3n) is 4.50. The monoisotopic (exact) mass is 389 g/mol. The van der Waals surface area contributed by atoms with Crippen LogP contribution in [-0.2, 0) is 18.9 Å². The van der Waals surface area contributed by atoms with Gasteiger partial charge in [-0.2, -0.15) is 0 Å². The Balaban J connectivity index is 2.95. The van der Waals surface area contributed by atoms with Crippen molar-refractivity contribution in [3.8, 4) is 0 Å². The predicted molar refractivity (Wildman–Crippen MR) is 114 cm³/mol. The summed E-state index contributed by atoms with van der Waals surface area (Å²) in [4.78, 5) is 0. The molecule has 5 heteroatoms. The summed E-state index contributed by atoms with van der Waals surface area (Å²) in [5.41, 5.74) is 0. The Bertz CT molecular complexity index is 230. The molecule has 0 bridgehead atoms. The Morgan fingerprint density at radius 2 is 0.815 bits per heavy atom. The number of ether oxygens (including phenoxy) is 4. The maximum atomic E-state index is 5.61. The molecule has 0 spiro atoms. The molecule has 0 radical (unpaired) electrons. The molecule has 27 heavy (non-hydrogen) atoms. The largest absolute Gasteiger partial charge is 0.379 e. The lowest BCUT2D eigenvalue weighted by atomic mass is 10.1. The van der Waals surface area contributed by atoms with Crippen molar-refractivity contribution < 1.29 is 18.9 Å². The average Bonchev–Trinajstić information content (AvgIpc) is 2.68. The van der Waals surface area contributed by atoms with Crippen molar-refractivity contribution >= 4 is 0 Å². The second-order valence-electron chi connectivity index (χ2n) is 7.09. The summed E-state index contributed by atoms with van der Waals surface area (Å²) in [6.07, 6.45) is 15.1. The van der Waals surface area contributed by atoms with Crippen LogP contribution in [0.1, 0.15) is 77.6 Å². The minimum atomic E-state index is 0.619. The first-order valence-electron chi connectivity index (χ1n) is 11.4. The molecular weight excluding hydrogens is 342 g/mol. The number of hydrogen-bond acceptors (Lipinski definition) is 5. The second-order valence-corrected chi connectivity index (χ2v) is 7.09. The number of unbranched alkanes of at least 4 members (excludes halogenated alkanes) is 10. The zero-order valence-electron chi connectivity index (χ0n) is 18.3. The zero-order valence-corrected chi connectivity index (χ0v) is 18.3. The Labute approximate surface area is 168 Å². The van der Waals surface area contributed by atoms with Crippen molar-refractivity contribution in [3.05, 3.63) is 0 Å². The summed E-state index contributed by atoms with van der Waals surface area (Å²) in [6.45, 7) is 8.60. The van der Waals surface area contributed by atoms with Crippen LogP contribution in [-0.4, -0.2) is 66.4 Å². The van der Waals surface area contributed by atoms with Crippen molar-refractivity contribution in [2.24, 2.45) is 0 Å². The molecule has 0 aromatic rings. The summed E-state index contributed by atoms with van der Waals surface area (Å²) in [6, 6.07) is 0. The Morgan fingerprint density at radius 3 is 1.26 bits per heavy atom. The third kappa shape index (κ3) is 25.8. The molecule has 0 atom stereocenters.